The molecule has 0 saturated heterocycles. The van der Waals surface area contributed by atoms with E-state index in [4.69, 9.17) is 5.11 Å². The molecule has 0 saturated carbocycles. The number of carbonyl (C=O) groups is 1. The van der Waals surface area contributed by atoms with Gasteiger partial charge in [-0.1, -0.05) is 6.92 Å². The van der Waals surface area contributed by atoms with Crippen LogP contribution in [0.3, 0.4) is 0 Å². The topological polar surface area (TPSA) is 112 Å². The monoisotopic (exact) mass is 451 g/mol. The number of aliphatic hydroxyl groups excluding tert-OH is 1. The van der Waals surface area contributed by atoms with Gasteiger partial charge in [0.15, 0.2) is 11.6 Å². The van der Waals surface area contributed by atoms with Crippen molar-refractivity contribution in [1.29, 1.82) is 0 Å². The lowest BCUT2D eigenvalue weighted by Crippen LogP contribution is -2.19. The Hall–Kier alpha value is -2.85. The van der Waals surface area contributed by atoms with Crippen LogP contribution >= 0.6 is 0 Å². The number of aryl methyl sites for hydroxylation is 1. The summed E-state index contributed by atoms with van der Waals surface area (Å²) in [6.07, 6.45) is 2.68. The molecular weight excluding hydrogens is 428 g/mol. The van der Waals surface area contributed by atoms with Crippen LogP contribution in [0.2, 0.25) is 0 Å². The number of anilines is 1. The number of rotatable bonds is 10. The van der Waals surface area contributed by atoms with E-state index in [-0.39, 0.29) is 18.8 Å². The second-order valence-corrected chi connectivity index (χ2v) is 9.05. The number of H-pyrrole nitrogens is 1. The first-order chi connectivity index (χ1) is 14.7. The molecule has 31 heavy (non-hydrogen) atoms. The number of aliphatic hydroxyl groups is 1. The lowest BCUT2D eigenvalue weighted by atomic mass is 10.0. The van der Waals surface area contributed by atoms with Crippen molar-refractivity contribution in [1.82, 2.24) is 9.97 Å². The zero-order valence-electron chi connectivity index (χ0n) is 16.9. The summed E-state index contributed by atoms with van der Waals surface area (Å²) in [5.41, 5.74) is 0.680. The van der Waals surface area contributed by atoms with Crippen molar-refractivity contribution < 1.29 is 27.1 Å². The van der Waals surface area contributed by atoms with Gasteiger partial charge in [-0.3, -0.25) is 9.52 Å². The first kappa shape index (κ1) is 22.8. The van der Waals surface area contributed by atoms with Gasteiger partial charge in [-0.25, -0.2) is 22.2 Å². The van der Waals surface area contributed by atoms with Crippen molar-refractivity contribution in [2.45, 2.75) is 32.6 Å². The zero-order chi connectivity index (χ0) is 22.6. The highest BCUT2D eigenvalue weighted by atomic mass is 32.2. The van der Waals surface area contributed by atoms with Crippen molar-refractivity contribution in [2.24, 2.45) is 0 Å². The van der Waals surface area contributed by atoms with Crippen LogP contribution in [0, 0.1) is 11.6 Å². The van der Waals surface area contributed by atoms with E-state index < -0.39 is 38.7 Å². The van der Waals surface area contributed by atoms with Crippen LogP contribution in [0.25, 0.3) is 11.0 Å². The van der Waals surface area contributed by atoms with E-state index in [1.54, 1.807) is 13.0 Å². The fraction of sp³-hybridized carbons (Fsp3) is 0.333. The lowest BCUT2D eigenvalue weighted by molar-refractivity contribution is 0.0985. The molecule has 166 valence electrons. The number of hydrogen-bond acceptors (Lipinski definition) is 5. The summed E-state index contributed by atoms with van der Waals surface area (Å²) in [4.78, 5) is 20.0. The number of halogens is 2. The molecule has 0 radical (unpaired) electrons. The fourth-order valence-electron chi connectivity index (χ4n) is 3.27. The number of sulfonamides is 1. The van der Waals surface area contributed by atoms with Crippen molar-refractivity contribution >= 4 is 32.5 Å². The molecule has 0 fully saturated rings. The Morgan fingerprint density at radius 2 is 2.03 bits per heavy atom. The average molecular weight is 451 g/mol. The predicted molar refractivity (Wildman–Crippen MR) is 114 cm³/mol. The van der Waals surface area contributed by atoms with Crippen LogP contribution in [0.5, 0.6) is 0 Å². The van der Waals surface area contributed by atoms with Crippen molar-refractivity contribution in [3.8, 4) is 0 Å². The maximum Gasteiger partial charge on any atom is 0.232 e. The minimum absolute atomic E-state index is 0.0628. The van der Waals surface area contributed by atoms with Crippen LogP contribution in [0.1, 0.15) is 41.4 Å². The third-order valence-electron chi connectivity index (χ3n) is 4.66. The van der Waals surface area contributed by atoms with E-state index in [1.807, 2.05) is 6.07 Å². The molecule has 0 aliphatic carbocycles. The number of carbonyl (C=O) groups excluding carboxylic acids is 1. The molecule has 1 aromatic carbocycles. The maximum absolute atomic E-state index is 14.8. The Labute approximate surface area is 178 Å². The smallest absolute Gasteiger partial charge is 0.232 e. The summed E-state index contributed by atoms with van der Waals surface area (Å²) in [6.45, 7) is 1.72. The Bertz CT molecular complexity index is 1210. The van der Waals surface area contributed by atoms with Crippen LogP contribution in [-0.4, -0.2) is 41.6 Å². The highest BCUT2D eigenvalue weighted by Gasteiger charge is 2.23. The summed E-state index contributed by atoms with van der Waals surface area (Å²) < 4.78 is 55.0. The molecule has 2 aromatic heterocycles. The molecule has 0 amide bonds. The molecule has 3 N–H and O–H groups in total. The van der Waals surface area contributed by atoms with E-state index in [9.17, 15) is 22.0 Å². The molecule has 10 heteroatoms. The molecule has 3 aromatic rings. The molecule has 0 bridgehead atoms. The normalized spacial score (nSPS) is 11.7. The molecule has 0 spiro atoms. The number of aromatic amines is 1. The molecule has 0 aliphatic rings. The van der Waals surface area contributed by atoms with Gasteiger partial charge < -0.3 is 10.1 Å². The fourth-order valence-corrected chi connectivity index (χ4v) is 4.40. The van der Waals surface area contributed by atoms with Gasteiger partial charge in [0.25, 0.3) is 0 Å². The van der Waals surface area contributed by atoms with Crippen molar-refractivity contribution in [3.05, 3.63) is 58.9 Å². The van der Waals surface area contributed by atoms with E-state index in [2.05, 4.69) is 14.7 Å². The van der Waals surface area contributed by atoms with Crippen LogP contribution in [-0.2, 0) is 22.9 Å². The molecular formula is C21H23F2N3O4S. The number of aromatic nitrogens is 2. The first-order valence-electron chi connectivity index (χ1n) is 9.83. The number of hydrogen-bond donors (Lipinski definition) is 3. The minimum Gasteiger partial charge on any atom is -0.396 e. The van der Waals surface area contributed by atoms with Crippen LogP contribution in [0.15, 0.2) is 30.5 Å². The van der Waals surface area contributed by atoms with Gasteiger partial charge >= 0.3 is 0 Å². The van der Waals surface area contributed by atoms with Gasteiger partial charge in [-0.15, -0.1) is 0 Å². The molecule has 2 heterocycles. The maximum atomic E-state index is 14.8. The average Bonchev–Trinajstić information content (AvgIpc) is 3.10. The van der Waals surface area contributed by atoms with E-state index in [0.717, 1.165) is 23.2 Å². The van der Waals surface area contributed by atoms with Gasteiger partial charge in [0.2, 0.25) is 10.0 Å². The van der Waals surface area contributed by atoms with Gasteiger partial charge in [-0.05, 0) is 49.1 Å². The first-order valence-corrected chi connectivity index (χ1v) is 11.5. The summed E-state index contributed by atoms with van der Waals surface area (Å²) in [5.74, 6) is -3.37. The number of Topliss-reactive ketones (excluding diaryl/α,β-unsaturated/α-hetero) is 1. The largest absolute Gasteiger partial charge is 0.396 e. The van der Waals surface area contributed by atoms with Gasteiger partial charge in [0.05, 0.1) is 17.0 Å². The Morgan fingerprint density at radius 1 is 1.26 bits per heavy atom. The molecule has 0 atom stereocenters. The Balaban J connectivity index is 1.85. The number of nitrogens with one attached hydrogen (secondary N) is 2. The van der Waals surface area contributed by atoms with E-state index in [1.165, 1.54) is 6.20 Å². The second-order valence-electron chi connectivity index (χ2n) is 7.21. The van der Waals surface area contributed by atoms with Crippen molar-refractivity contribution in [3.63, 3.8) is 0 Å². The van der Waals surface area contributed by atoms with Gasteiger partial charge in [0.1, 0.15) is 11.5 Å². The summed E-state index contributed by atoms with van der Waals surface area (Å²) in [7, 11) is -3.80. The lowest BCUT2D eigenvalue weighted by Gasteiger charge is -2.11. The highest BCUT2D eigenvalue weighted by Crippen LogP contribution is 2.25. The SMILES string of the molecule is CCCS(=O)(=O)Nc1ccc(F)c(C(=O)Cc2cnc3[nH]c(CCCO)cc3c2)c1F. The summed E-state index contributed by atoms with van der Waals surface area (Å²) >= 11 is 0. The number of ketones is 1. The minimum atomic E-state index is -3.80. The number of pyridine rings is 1. The number of nitrogens with zero attached hydrogens (tertiary/aromatic N) is 1. The molecule has 3 rings (SSSR count). The van der Waals surface area contributed by atoms with Crippen molar-refractivity contribution in [2.75, 3.05) is 17.1 Å². The van der Waals surface area contributed by atoms with Crippen LogP contribution in [0.4, 0.5) is 14.5 Å². The second kappa shape index (κ2) is 9.52. The molecule has 0 aliphatic heterocycles. The van der Waals surface area contributed by atoms with Crippen LogP contribution < -0.4 is 4.72 Å². The Morgan fingerprint density at radius 3 is 2.74 bits per heavy atom. The number of benzene rings is 1. The standard InChI is InChI=1S/C21H23F2N3O4S/c1-2-8-31(29,30)26-17-6-5-16(22)19(20(17)23)18(28)10-13-9-14-11-15(4-3-7-27)25-21(14)24-12-13/h5-6,9,11-12,26-27H,2-4,7-8,10H2,1H3,(H,24,25). The molecule has 0 unspecified atom stereocenters. The molecule has 7 nitrogen and oxygen atoms in total. The number of fused-ring (bicyclic) bond motifs is 1. The predicted octanol–water partition coefficient (Wildman–Crippen LogP) is 3.34. The highest BCUT2D eigenvalue weighted by molar-refractivity contribution is 7.92. The zero-order valence-corrected chi connectivity index (χ0v) is 17.7. The quantitative estimate of drug-likeness (QED) is 0.409. The summed E-state index contributed by atoms with van der Waals surface area (Å²) in [6, 6.07) is 5.36. The third-order valence-corrected chi connectivity index (χ3v) is 6.14. The van der Waals surface area contributed by atoms with Gasteiger partial charge in [-0.2, -0.15) is 0 Å². The van der Waals surface area contributed by atoms with E-state index in [0.29, 0.717) is 30.5 Å². The van der Waals surface area contributed by atoms with Gasteiger partial charge in [0, 0.05) is 30.3 Å². The Kier molecular flexibility index (Phi) is 7.01. The third kappa shape index (κ3) is 5.45. The summed E-state index contributed by atoms with van der Waals surface area (Å²) in [5, 5.41) is 9.68. The van der Waals surface area contributed by atoms with E-state index >= 15 is 0 Å².